The van der Waals surface area contributed by atoms with E-state index in [9.17, 15) is 18.0 Å². The molecular formula is C23H29N3O5S. The lowest BCUT2D eigenvalue weighted by molar-refractivity contribution is -0.136. The van der Waals surface area contributed by atoms with Gasteiger partial charge in [-0.1, -0.05) is 18.9 Å². The summed E-state index contributed by atoms with van der Waals surface area (Å²) in [6.45, 7) is 3.75. The van der Waals surface area contributed by atoms with Gasteiger partial charge in [0.15, 0.2) is 0 Å². The first kappa shape index (κ1) is 22.5. The molecule has 1 aromatic heterocycles. The lowest BCUT2D eigenvalue weighted by Crippen LogP contribution is -2.51. The molecule has 1 aliphatic heterocycles. The quantitative estimate of drug-likeness (QED) is 0.716. The summed E-state index contributed by atoms with van der Waals surface area (Å²) in [7, 11) is -3.80. The molecule has 0 radical (unpaired) electrons. The minimum Gasteiger partial charge on any atom is -0.468 e. The van der Waals surface area contributed by atoms with Crippen molar-refractivity contribution in [3.05, 3.63) is 53.5 Å². The normalized spacial score (nSPS) is 17.7. The molecular weight excluding hydrogens is 430 g/mol. The lowest BCUT2D eigenvalue weighted by Gasteiger charge is -2.36. The molecule has 0 unspecified atom stereocenters. The maximum Gasteiger partial charge on any atom is 0.254 e. The van der Waals surface area contributed by atoms with Crippen molar-refractivity contribution in [1.82, 2.24) is 14.5 Å². The topological polar surface area (TPSA) is 99.9 Å². The van der Waals surface area contributed by atoms with E-state index in [-0.39, 0.29) is 29.2 Å². The number of carbonyl (C=O) groups excluding carboxylic acids is 2. The summed E-state index contributed by atoms with van der Waals surface area (Å²) in [5, 5.41) is 0. The molecule has 172 valence electrons. The van der Waals surface area contributed by atoms with Crippen molar-refractivity contribution in [3.8, 4) is 0 Å². The smallest absolute Gasteiger partial charge is 0.254 e. The standard InChI is InChI=1S/C23H29N3O5S/c1-17-8-9-20(32(29,30)24-16-19-7-4-14-31-19)15-21(17)23(28)26-12-10-25(11-13-26)22(27)18-5-2-3-6-18/h4,7-9,14-15,18,24H,2-3,5-6,10-13,16H2,1H3. The molecule has 8 nitrogen and oxygen atoms in total. The van der Waals surface area contributed by atoms with Crippen LogP contribution in [0.4, 0.5) is 0 Å². The second kappa shape index (κ2) is 9.46. The molecule has 0 atom stereocenters. The number of amides is 2. The first-order chi connectivity index (χ1) is 15.3. The van der Waals surface area contributed by atoms with Crippen LogP contribution in [0.1, 0.15) is 47.4 Å². The van der Waals surface area contributed by atoms with Crippen molar-refractivity contribution in [2.24, 2.45) is 5.92 Å². The van der Waals surface area contributed by atoms with Crippen LogP contribution in [-0.4, -0.2) is 56.2 Å². The Balaban J connectivity index is 1.42. The predicted molar refractivity (Wildman–Crippen MR) is 118 cm³/mol. The van der Waals surface area contributed by atoms with Gasteiger partial charge in [-0.3, -0.25) is 9.59 Å². The van der Waals surface area contributed by atoms with Gasteiger partial charge < -0.3 is 14.2 Å². The number of furan rings is 1. The highest BCUT2D eigenvalue weighted by Gasteiger charge is 2.31. The van der Waals surface area contributed by atoms with Crippen LogP contribution in [-0.2, 0) is 21.4 Å². The molecule has 1 saturated heterocycles. The van der Waals surface area contributed by atoms with E-state index in [0.29, 0.717) is 43.1 Å². The number of sulfonamides is 1. The Kier molecular flexibility index (Phi) is 6.66. The van der Waals surface area contributed by atoms with Gasteiger partial charge in [0.2, 0.25) is 15.9 Å². The fraction of sp³-hybridized carbons (Fsp3) is 0.478. The van der Waals surface area contributed by atoms with E-state index in [0.717, 1.165) is 25.7 Å². The number of benzene rings is 1. The zero-order valence-electron chi connectivity index (χ0n) is 18.2. The van der Waals surface area contributed by atoms with Gasteiger partial charge >= 0.3 is 0 Å². The number of carbonyl (C=O) groups is 2. The molecule has 1 saturated carbocycles. The minimum atomic E-state index is -3.80. The molecule has 1 aliphatic carbocycles. The number of hydrogen-bond donors (Lipinski definition) is 1. The Morgan fingerprint density at radius 3 is 2.41 bits per heavy atom. The van der Waals surface area contributed by atoms with Crippen molar-refractivity contribution in [2.45, 2.75) is 44.0 Å². The summed E-state index contributed by atoms with van der Waals surface area (Å²) >= 11 is 0. The molecule has 9 heteroatoms. The zero-order valence-corrected chi connectivity index (χ0v) is 19.1. The molecule has 2 fully saturated rings. The molecule has 0 bridgehead atoms. The van der Waals surface area contributed by atoms with Crippen LogP contribution in [0.3, 0.4) is 0 Å². The second-order valence-corrected chi connectivity index (χ2v) is 10.2. The van der Waals surface area contributed by atoms with E-state index in [1.165, 1.54) is 18.4 Å². The monoisotopic (exact) mass is 459 g/mol. The van der Waals surface area contributed by atoms with E-state index < -0.39 is 10.0 Å². The van der Waals surface area contributed by atoms with Gasteiger partial charge in [-0.05, 0) is 49.6 Å². The largest absolute Gasteiger partial charge is 0.468 e. The van der Waals surface area contributed by atoms with Crippen LogP contribution in [0.2, 0.25) is 0 Å². The number of rotatable bonds is 6. The first-order valence-electron chi connectivity index (χ1n) is 11.1. The minimum absolute atomic E-state index is 0.0312. The summed E-state index contributed by atoms with van der Waals surface area (Å²) in [6, 6.07) is 7.94. The fourth-order valence-corrected chi connectivity index (χ4v) is 5.41. The summed E-state index contributed by atoms with van der Waals surface area (Å²) in [6.07, 6.45) is 5.64. The highest BCUT2D eigenvalue weighted by molar-refractivity contribution is 7.89. The van der Waals surface area contributed by atoms with Crippen LogP contribution in [0.5, 0.6) is 0 Å². The van der Waals surface area contributed by atoms with Crippen LogP contribution in [0.15, 0.2) is 45.9 Å². The summed E-state index contributed by atoms with van der Waals surface area (Å²) < 4.78 is 33.1. The van der Waals surface area contributed by atoms with Crippen molar-refractivity contribution < 1.29 is 22.4 Å². The van der Waals surface area contributed by atoms with Gasteiger partial charge in [-0.15, -0.1) is 0 Å². The van der Waals surface area contributed by atoms with Crippen molar-refractivity contribution in [1.29, 1.82) is 0 Å². The molecule has 0 spiro atoms. The first-order valence-corrected chi connectivity index (χ1v) is 12.5. The van der Waals surface area contributed by atoms with Crippen LogP contribution in [0, 0.1) is 12.8 Å². The summed E-state index contributed by atoms with van der Waals surface area (Å²) in [4.78, 5) is 29.4. The van der Waals surface area contributed by atoms with Gasteiger partial charge in [0.1, 0.15) is 5.76 Å². The Morgan fingerprint density at radius 2 is 1.75 bits per heavy atom. The molecule has 2 aromatic rings. The third-order valence-electron chi connectivity index (χ3n) is 6.35. The zero-order chi connectivity index (χ0) is 22.7. The van der Waals surface area contributed by atoms with Crippen molar-refractivity contribution in [3.63, 3.8) is 0 Å². The highest BCUT2D eigenvalue weighted by atomic mass is 32.2. The van der Waals surface area contributed by atoms with Gasteiger partial charge in [0.25, 0.3) is 5.91 Å². The molecule has 32 heavy (non-hydrogen) atoms. The van der Waals surface area contributed by atoms with E-state index in [4.69, 9.17) is 4.42 Å². The van der Waals surface area contributed by atoms with E-state index >= 15 is 0 Å². The Bertz CT molecular complexity index is 1070. The maximum absolute atomic E-state index is 13.2. The third-order valence-corrected chi connectivity index (χ3v) is 7.75. The summed E-state index contributed by atoms with van der Waals surface area (Å²) in [5.74, 6) is 0.636. The number of piperazine rings is 1. The SMILES string of the molecule is Cc1ccc(S(=O)(=O)NCc2ccco2)cc1C(=O)N1CCN(C(=O)C2CCCC2)CC1. The molecule has 2 aliphatic rings. The van der Waals surface area contributed by atoms with Crippen molar-refractivity contribution >= 4 is 21.8 Å². The van der Waals surface area contributed by atoms with Gasteiger partial charge in [0, 0.05) is 37.7 Å². The Hall–Kier alpha value is -2.65. The van der Waals surface area contributed by atoms with Gasteiger partial charge in [0.05, 0.1) is 17.7 Å². The predicted octanol–water partition coefficient (Wildman–Crippen LogP) is 2.54. The van der Waals surface area contributed by atoms with E-state index in [1.54, 1.807) is 30.0 Å². The third kappa shape index (κ3) is 4.88. The highest BCUT2D eigenvalue weighted by Crippen LogP contribution is 2.27. The maximum atomic E-state index is 13.2. The van der Waals surface area contributed by atoms with E-state index in [1.807, 2.05) is 4.90 Å². The average Bonchev–Trinajstić information content (AvgIpc) is 3.51. The molecule has 1 N–H and O–H groups in total. The van der Waals surface area contributed by atoms with Crippen molar-refractivity contribution in [2.75, 3.05) is 26.2 Å². The Labute approximate surface area is 188 Å². The molecule has 4 rings (SSSR count). The van der Waals surface area contributed by atoms with Crippen LogP contribution >= 0.6 is 0 Å². The number of nitrogens with one attached hydrogen (secondary N) is 1. The molecule has 1 aromatic carbocycles. The van der Waals surface area contributed by atoms with E-state index in [2.05, 4.69) is 4.72 Å². The van der Waals surface area contributed by atoms with Crippen LogP contribution < -0.4 is 4.72 Å². The van der Waals surface area contributed by atoms with Gasteiger partial charge in [-0.25, -0.2) is 13.1 Å². The van der Waals surface area contributed by atoms with Crippen LogP contribution in [0.25, 0.3) is 0 Å². The number of nitrogens with zero attached hydrogens (tertiary/aromatic N) is 2. The fourth-order valence-electron chi connectivity index (χ4n) is 4.39. The lowest BCUT2D eigenvalue weighted by atomic mass is 10.1. The second-order valence-electron chi connectivity index (χ2n) is 8.48. The molecule has 2 amide bonds. The summed E-state index contributed by atoms with van der Waals surface area (Å²) in [5.41, 5.74) is 1.07. The number of hydrogen-bond acceptors (Lipinski definition) is 5. The average molecular weight is 460 g/mol. The van der Waals surface area contributed by atoms with Gasteiger partial charge in [-0.2, -0.15) is 0 Å². The molecule has 2 heterocycles. The number of aryl methyl sites for hydroxylation is 1. The Morgan fingerprint density at radius 1 is 1.06 bits per heavy atom.